The average molecular weight is 383 g/mol. The first kappa shape index (κ1) is 18.7. The Hall–Kier alpha value is -3.11. The van der Waals surface area contributed by atoms with Gasteiger partial charge in [0.05, 0.1) is 17.0 Å². The van der Waals surface area contributed by atoms with Crippen molar-refractivity contribution in [2.75, 3.05) is 16.2 Å². The summed E-state index contributed by atoms with van der Waals surface area (Å²) in [5.74, 6) is 6.37. The number of nitrogens with zero attached hydrogens (tertiary/aromatic N) is 1. The normalized spacial score (nSPS) is 11.2. The van der Waals surface area contributed by atoms with E-state index < -0.39 is 10.0 Å². The summed E-state index contributed by atoms with van der Waals surface area (Å²) in [6, 6.07) is 11.9. The predicted molar refractivity (Wildman–Crippen MR) is 109 cm³/mol. The highest BCUT2D eigenvalue weighted by Gasteiger charge is 2.13. The molecule has 2 aromatic carbocycles. The number of anilines is 2. The quantitative estimate of drug-likeness (QED) is 0.603. The number of aromatic nitrogens is 1. The topological polar surface area (TPSA) is 97.4 Å². The predicted octanol–water partition coefficient (Wildman–Crippen LogP) is 3.11. The Morgan fingerprint density at radius 1 is 1.11 bits per heavy atom. The van der Waals surface area contributed by atoms with Crippen LogP contribution in [0.25, 0.3) is 10.9 Å². The number of aryl methyl sites for hydroxylation is 1. The maximum absolute atomic E-state index is 11.6. The molecule has 1 aromatic heterocycles. The number of rotatable bonds is 4. The summed E-state index contributed by atoms with van der Waals surface area (Å²) >= 11 is 0. The molecule has 3 aromatic rings. The van der Waals surface area contributed by atoms with Crippen LogP contribution in [0.1, 0.15) is 25.1 Å². The fraction of sp³-hybridized carbons (Fsp3) is 0.200. The summed E-state index contributed by atoms with van der Waals surface area (Å²) in [6.07, 6.45) is 0. The molecule has 140 valence electrons. The third-order valence-corrected chi connectivity index (χ3v) is 5.57. The van der Waals surface area contributed by atoms with Crippen molar-refractivity contribution in [2.24, 2.45) is 0 Å². The number of nitrogens with two attached hydrogens (primary N) is 1. The summed E-state index contributed by atoms with van der Waals surface area (Å²) in [5.41, 5.74) is 9.60. The molecule has 0 aliphatic heterocycles. The second kappa shape index (κ2) is 7.25. The Bertz CT molecular complexity index is 1150. The smallest absolute Gasteiger partial charge is 0.232 e. The second-order valence-electron chi connectivity index (χ2n) is 6.04. The van der Waals surface area contributed by atoms with E-state index >= 15 is 0 Å². The van der Waals surface area contributed by atoms with Crippen molar-refractivity contribution < 1.29 is 13.5 Å². The van der Waals surface area contributed by atoms with E-state index in [1.54, 1.807) is 49.4 Å². The van der Waals surface area contributed by atoms with Gasteiger partial charge in [-0.2, -0.15) is 0 Å². The van der Waals surface area contributed by atoms with Crippen molar-refractivity contribution in [2.45, 2.75) is 20.4 Å². The Morgan fingerprint density at radius 3 is 2.44 bits per heavy atom. The largest absolute Gasteiger partial charge is 0.508 e. The third-order valence-electron chi connectivity index (χ3n) is 4.27. The number of hydrogen-bond donors (Lipinski definition) is 3. The van der Waals surface area contributed by atoms with Crippen LogP contribution in [0.2, 0.25) is 0 Å². The van der Waals surface area contributed by atoms with E-state index in [1.807, 2.05) is 11.5 Å². The number of phenolic OH excluding ortho intramolecular Hbond substituents is 1. The third kappa shape index (κ3) is 3.86. The summed E-state index contributed by atoms with van der Waals surface area (Å²) in [5, 5.41) is 10.6. The molecular formula is C20H21N3O3S. The highest BCUT2D eigenvalue weighted by Crippen LogP contribution is 2.30. The SMILES string of the molecule is CCn1c(C#Cc2ccc(NS(=O)(=O)CC)cc2)c(N)c2ccc(O)cc21. The Morgan fingerprint density at radius 2 is 1.81 bits per heavy atom. The molecule has 1 heterocycles. The molecule has 0 amide bonds. The van der Waals surface area contributed by atoms with Crippen molar-refractivity contribution in [1.29, 1.82) is 0 Å². The highest BCUT2D eigenvalue weighted by molar-refractivity contribution is 7.92. The molecule has 0 saturated heterocycles. The first-order chi connectivity index (χ1) is 12.8. The van der Waals surface area contributed by atoms with Crippen LogP contribution >= 0.6 is 0 Å². The van der Waals surface area contributed by atoms with Crippen LogP contribution in [0, 0.1) is 11.8 Å². The molecule has 0 radical (unpaired) electrons. The molecule has 0 saturated carbocycles. The number of sulfonamides is 1. The van der Waals surface area contributed by atoms with E-state index in [4.69, 9.17) is 5.73 Å². The maximum Gasteiger partial charge on any atom is 0.232 e. The maximum atomic E-state index is 11.6. The molecule has 0 spiro atoms. The molecule has 0 fully saturated rings. The molecule has 6 nitrogen and oxygen atoms in total. The van der Waals surface area contributed by atoms with Crippen molar-refractivity contribution >= 4 is 32.3 Å². The van der Waals surface area contributed by atoms with Gasteiger partial charge in [-0.15, -0.1) is 0 Å². The second-order valence-corrected chi connectivity index (χ2v) is 8.05. The van der Waals surface area contributed by atoms with Crippen molar-refractivity contribution in [3.8, 4) is 17.6 Å². The number of benzene rings is 2. The van der Waals surface area contributed by atoms with E-state index in [0.717, 1.165) is 16.5 Å². The lowest BCUT2D eigenvalue weighted by atomic mass is 10.2. The van der Waals surface area contributed by atoms with Crippen molar-refractivity contribution in [3.05, 3.63) is 53.7 Å². The zero-order valence-electron chi connectivity index (χ0n) is 15.2. The molecule has 0 aliphatic carbocycles. The van der Waals surface area contributed by atoms with Crippen LogP contribution in [-0.2, 0) is 16.6 Å². The minimum absolute atomic E-state index is 0.0188. The van der Waals surface area contributed by atoms with Crippen molar-refractivity contribution in [1.82, 2.24) is 4.57 Å². The zero-order chi connectivity index (χ0) is 19.6. The summed E-state index contributed by atoms with van der Waals surface area (Å²) in [4.78, 5) is 0. The number of hydrogen-bond acceptors (Lipinski definition) is 4. The Kier molecular flexibility index (Phi) is 5.02. The van der Waals surface area contributed by atoms with Gasteiger partial charge in [0.1, 0.15) is 11.4 Å². The first-order valence-electron chi connectivity index (χ1n) is 8.58. The highest BCUT2D eigenvalue weighted by atomic mass is 32.2. The van der Waals surface area contributed by atoms with Gasteiger partial charge in [-0.25, -0.2) is 8.42 Å². The van der Waals surface area contributed by atoms with Gasteiger partial charge in [0.2, 0.25) is 10.0 Å². The molecule has 0 aliphatic rings. The minimum Gasteiger partial charge on any atom is -0.508 e. The molecule has 4 N–H and O–H groups in total. The van der Waals surface area contributed by atoms with Crippen LogP contribution in [-0.4, -0.2) is 23.8 Å². The fourth-order valence-electron chi connectivity index (χ4n) is 2.83. The summed E-state index contributed by atoms with van der Waals surface area (Å²) < 4.78 is 27.7. The van der Waals surface area contributed by atoms with Gasteiger partial charge in [-0.1, -0.05) is 5.92 Å². The van der Waals surface area contributed by atoms with E-state index in [9.17, 15) is 13.5 Å². The first-order valence-corrected chi connectivity index (χ1v) is 10.2. The summed E-state index contributed by atoms with van der Waals surface area (Å²) in [6.45, 7) is 4.24. The van der Waals surface area contributed by atoms with E-state index in [1.165, 1.54) is 0 Å². The lowest BCUT2D eigenvalue weighted by Crippen LogP contribution is -2.14. The molecular weight excluding hydrogens is 362 g/mol. The molecule has 0 atom stereocenters. The van der Waals surface area contributed by atoms with Crippen LogP contribution in [0.5, 0.6) is 5.75 Å². The van der Waals surface area contributed by atoms with E-state index in [2.05, 4.69) is 16.6 Å². The molecule has 7 heteroatoms. The van der Waals surface area contributed by atoms with Gasteiger partial charge in [-0.05, 0) is 56.2 Å². The Labute approximate surface area is 158 Å². The van der Waals surface area contributed by atoms with Crippen LogP contribution in [0.3, 0.4) is 0 Å². The number of fused-ring (bicyclic) bond motifs is 1. The van der Waals surface area contributed by atoms with Crippen LogP contribution in [0.15, 0.2) is 42.5 Å². The van der Waals surface area contributed by atoms with Gasteiger partial charge in [0, 0.05) is 29.2 Å². The monoisotopic (exact) mass is 383 g/mol. The zero-order valence-corrected chi connectivity index (χ0v) is 16.0. The Balaban J connectivity index is 1.95. The lowest BCUT2D eigenvalue weighted by Gasteiger charge is -2.05. The van der Waals surface area contributed by atoms with Crippen LogP contribution < -0.4 is 10.5 Å². The van der Waals surface area contributed by atoms with Gasteiger partial charge in [0.15, 0.2) is 0 Å². The number of aromatic hydroxyl groups is 1. The lowest BCUT2D eigenvalue weighted by molar-refractivity contribution is 0.476. The number of phenols is 1. The summed E-state index contributed by atoms with van der Waals surface area (Å²) in [7, 11) is -3.30. The number of nitrogens with one attached hydrogen (secondary N) is 1. The molecule has 0 unspecified atom stereocenters. The minimum atomic E-state index is -3.30. The molecule has 27 heavy (non-hydrogen) atoms. The standard InChI is InChI=1S/C20H21N3O3S/c1-3-23-18(20(21)17-11-10-16(24)13-19(17)23)12-7-14-5-8-15(9-6-14)22-27(25,26)4-2/h5-6,8-11,13,22,24H,3-4,21H2,1-2H3. The molecule has 3 rings (SSSR count). The van der Waals surface area contributed by atoms with Gasteiger partial charge < -0.3 is 15.4 Å². The fourth-order valence-corrected chi connectivity index (χ4v) is 3.47. The van der Waals surface area contributed by atoms with E-state index in [-0.39, 0.29) is 11.5 Å². The van der Waals surface area contributed by atoms with Gasteiger partial charge in [-0.3, -0.25) is 4.72 Å². The van der Waals surface area contributed by atoms with Crippen molar-refractivity contribution in [3.63, 3.8) is 0 Å². The molecule has 0 bridgehead atoms. The average Bonchev–Trinajstić information content (AvgIpc) is 2.91. The van der Waals surface area contributed by atoms with E-state index in [0.29, 0.717) is 23.6 Å². The van der Waals surface area contributed by atoms with Gasteiger partial charge in [0.25, 0.3) is 0 Å². The number of nitrogen functional groups attached to an aromatic ring is 1. The van der Waals surface area contributed by atoms with Gasteiger partial charge >= 0.3 is 0 Å². The van der Waals surface area contributed by atoms with Crippen LogP contribution in [0.4, 0.5) is 11.4 Å².